The third-order valence-corrected chi connectivity index (χ3v) is 3.71. The molecule has 2 aliphatic rings. The minimum atomic E-state index is -0.408. The maximum atomic E-state index is 11.3. The van der Waals surface area contributed by atoms with Crippen molar-refractivity contribution in [3.63, 3.8) is 0 Å². The highest BCUT2D eigenvalue weighted by Gasteiger charge is 2.33. The van der Waals surface area contributed by atoms with Gasteiger partial charge in [0.2, 0.25) is 0 Å². The van der Waals surface area contributed by atoms with Crippen LogP contribution in [0.1, 0.15) is 44.9 Å². The molecule has 1 aliphatic heterocycles. The van der Waals surface area contributed by atoms with Crippen LogP contribution in [0, 0.1) is 11.8 Å². The van der Waals surface area contributed by atoms with Crippen LogP contribution in [0.3, 0.4) is 0 Å². The van der Waals surface area contributed by atoms with Gasteiger partial charge in [-0.3, -0.25) is 4.79 Å². The summed E-state index contributed by atoms with van der Waals surface area (Å²) in [5.41, 5.74) is 5.82. The lowest BCUT2D eigenvalue weighted by Gasteiger charge is -2.29. The molecule has 1 saturated carbocycles. The minimum absolute atomic E-state index is 0.240. The zero-order valence-corrected chi connectivity index (χ0v) is 9.65. The summed E-state index contributed by atoms with van der Waals surface area (Å²) in [6, 6.07) is 0. The molecule has 2 N–H and O–H groups in total. The Bertz CT molecular complexity index is 289. The fraction of sp³-hybridized carbons (Fsp3) is 0.833. The molecule has 0 bridgehead atoms. The number of carbonyl (C=O) groups is 1. The molecule has 2 rings (SSSR count). The van der Waals surface area contributed by atoms with Crippen molar-refractivity contribution < 1.29 is 9.63 Å². The van der Waals surface area contributed by atoms with E-state index in [-0.39, 0.29) is 5.92 Å². The molecule has 90 valence electrons. The first kappa shape index (κ1) is 11.4. The Morgan fingerprint density at radius 3 is 2.62 bits per heavy atom. The first-order valence-electron chi connectivity index (χ1n) is 6.28. The van der Waals surface area contributed by atoms with Gasteiger partial charge in [0.1, 0.15) is 12.3 Å². The van der Waals surface area contributed by atoms with Crippen molar-refractivity contribution >= 4 is 11.6 Å². The molecule has 0 aromatic carbocycles. The summed E-state index contributed by atoms with van der Waals surface area (Å²) in [7, 11) is 0. The Morgan fingerprint density at radius 1 is 1.19 bits per heavy atom. The molecule has 1 heterocycles. The van der Waals surface area contributed by atoms with Crippen LogP contribution in [-0.4, -0.2) is 18.2 Å². The number of nitrogens with two attached hydrogens (primary N) is 1. The van der Waals surface area contributed by atoms with E-state index in [9.17, 15) is 4.79 Å². The van der Waals surface area contributed by atoms with E-state index in [2.05, 4.69) is 5.16 Å². The van der Waals surface area contributed by atoms with Crippen molar-refractivity contribution in [3.8, 4) is 0 Å². The van der Waals surface area contributed by atoms with Crippen molar-refractivity contribution in [1.29, 1.82) is 0 Å². The molecular formula is C12H20N2O2. The van der Waals surface area contributed by atoms with Gasteiger partial charge >= 0.3 is 0 Å². The average molecular weight is 224 g/mol. The van der Waals surface area contributed by atoms with Crippen LogP contribution in [-0.2, 0) is 9.63 Å². The quantitative estimate of drug-likeness (QED) is 0.738. The predicted molar refractivity (Wildman–Crippen MR) is 61.9 cm³/mol. The molecule has 2 unspecified atom stereocenters. The number of rotatable bonds is 1. The van der Waals surface area contributed by atoms with E-state index in [0.717, 1.165) is 12.8 Å². The highest BCUT2D eigenvalue weighted by molar-refractivity contribution is 6.39. The Hall–Kier alpha value is -1.06. The van der Waals surface area contributed by atoms with Gasteiger partial charge in [-0.15, -0.1) is 0 Å². The second-order valence-electron chi connectivity index (χ2n) is 4.85. The maximum Gasteiger partial charge on any atom is 0.266 e. The lowest BCUT2D eigenvalue weighted by Crippen LogP contribution is -2.39. The van der Waals surface area contributed by atoms with E-state index >= 15 is 0 Å². The van der Waals surface area contributed by atoms with Crippen molar-refractivity contribution in [2.45, 2.75) is 44.9 Å². The van der Waals surface area contributed by atoms with Crippen molar-refractivity contribution in [1.82, 2.24) is 0 Å². The van der Waals surface area contributed by atoms with Gasteiger partial charge in [0, 0.05) is 11.8 Å². The highest BCUT2D eigenvalue weighted by Crippen LogP contribution is 2.31. The van der Waals surface area contributed by atoms with Gasteiger partial charge in [0.05, 0.1) is 0 Å². The second kappa shape index (κ2) is 5.32. The number of primary amides is 1. The number of oxime groups is 1. The molecule has 0 aromatic heterocycles. The third-order valence-electron chi connectivity index (χ3n) is 3.71. The second-order valence-corrected chi connectivity index (χ2v) is 4.85. The lowest BCUT2D eigenvalue weighted by molar-refractivity contribution is -0.113. The number of fused-ring (bicyclic) bond motifs is 1. The molecule has 2 atom stereocenters. The summed E-state index contributed by atoms with van der Waals surface area (Å²) in [5, 5.41) is 3.86. The fourth-order valence-electron chi connectivity index (χ4n) is 2.80. The lowest BCUT2D eigenvalue weighted by atomic mass is 9.81. The summed E-state index contributed by atoms with van der Waals surface area (Å²) < 4.78 is 0. The molecule has 1 aliphatic carbocycles. The molecule has 4 nitrogen and oxygen atoms in total. The van der Waals surface area contributed by atoms with Crippen LogP contribution >= 0.6 is 0 Å². The average Bonchev–Trinajstić information content (AvgIpc) is 2.39. The van der Waals surface area contributed by atoms with Crippen molar-refractivity contribution in [2.24, 2.45) is 22.7 Å². The topological polar surface area (TPSA) is 64.7 Å². The molecule has 16 heavy (non-hydrogen) atoms. The Balaban J connectivity index is 2.11. The predicted octanol–water partition coefficient (Wildman–Crippen LogP) is 1.83. The molecule has 4 heteroatoms. The summed E-state index contributed by atoms with van der Waals surface area (Å²) in [6.07, 6.45) is 8.45. The van der Waals surface area contributed by atoms with Crippen molar-refractivity contribution in [2.75, 3.05) is 6.61 Å². The van der Waals surface area contributed by atoms with Crippen LogP contribution in [0.25, 0.3) is 0 Å². The van der Waals surface area contributed by atoms with Crippen molar-refractivity contribution in [3.05, 3.63) is 0 Å². The largest absolute Gasteiger partial charge is 0.395 e. The van der Waals surface area contributed by atoms with Gasteiger partial charge in [-0.25, -0.2) is 0 Å². The van der Waals surface area contributed by atoms with Gasteiger partial charge < -0.3 is 10.6 Å². The first-order chi connectivity index (χ1) is 7.79. The molecule has 1 amide bonds. The standard InChI is InChI=1S/C12H20N2O2/c13-12(15)11-10-7-5-3-1-2-4-6-9(10)8-16-14-11/h9-10H,1-8H2,(H2,13,15). The number of hydrogen-bond acceptors (Lipinski definition) is 3. The summed E-state index contributed by atoms with van der Waals surface area (Å²) in [5.74, 6) is 0.274. The van der Waals surface area contributed by atoms with E-state index in [4.69, 9.17) is 10.6 Å². The third kappa shape index (κ3) is 2.54. The summed E-state index contributed by atoms with van der Waals surface area (Å²) in [6.45, 7) is 0.654. The molecule has 0 aromatic rings. The summed E-state index contributed by atoms with van der Waals surface area (Å²) in [4.78, 5) is 16.4. The van der Waals surface area contributed by atoms with Gasteiger partial charge in [0.15, 0.2) is 0 Å². The Kier molecular flexibility index (Phi) is 3.80. The monoisotopic (exact) mass is 224 g/mol. The normalized spacial score (nSPS) is 31.1. The molecule has 0 radical (unpaired) electrons. The smallest absolute Gasteiger partial charge is 0.266 e. The minimum Gasteiger partial charge on any atom is -0.395 e. The van der Waals surface area contributed by atoms with E-state index in [1.54, 1.807) is 0 Å². The van der Waals surface area contributed by atoms with Gasteiger partial charge in [-0.05, 0) is 12.8 Å². The number of amides is 1. The summed E-state index contributed by atoms with van der Waals surface area (Å²) >= 11 is 0. The van der Waals surface area contributed by atoms with Gasteiger partial charge in [-0.1, -0.05) is 37.3 Å². The fourth-order valence-corrected chi connectivity index (χ4v) is 2.80. The zero-order chi connectivity index (χ0) is 11.4. The Morgan fingerprint density at radius 2 is 1.88 bits per heavy atom. The van der Waals surface area contributed by atoms with Crippen LogP contribution in [0.15, 0.2) is 5.16 Å². The molecule has 1 fully saturated rings. The number of nitrogens with zero attached hydrogens (tertiary/aromatic N) is 1. The van der Waals surface area contributed by atoms with Gasteiger partial charge in [0.25, 0.3) is 5.91 Å². The first-order valence-corrected chi connectivity index (χ1v) is 6.28. The number of carbonyl (C=O) groups excluding carboxylic acids is 1. The van der Waals surface area contributed by atoms with Crippen LogP contribution in [0.5, 0.6) is 0 Å². The number of hydrogen-bond donors (Lipinski definition) is 1. The van der Waals surface area contributed by atoms with E-state index in [0.29, 0.717) is 18.2 Å². The zero-order valence-electron chi connectivity index (χ0n) is 9.65. The Labute approximate surface area is 96.2 Å². The van der Waals surface area contributed by atoms with E-state index in [1.165, 1.54) is 32.1 Å². The van der Waals surface area contributed by atoms with Crippen LogP contribution in [0.2, 0.25) is 0 Å². The molecular weight excluding hydrogens is 204 g/mol. The SMILES string of the molecule is NC(=O)C1=NOCC2CCCCCCCC12. The van der Waals surface area contributed by atoms with Crippen LogP contribution in [0.4, 0.5) is 0 Å². The van der Waals surface area contributed by atoms with Crippen LogP contribution < -0.4 is 5.73 Å². The van der Waals surface area contributed by atoms with E-state index < -0.39 is 5.91 Å². The van der Waals surface area contributed by atoms with Gasteiger partial charge in [-0.2, -0.15) is 0 Å². The van der Waals surface area contributed by atoms with E-state index in [1.807, 2.05) is 0 Å². The molecule has 0 saturated heterocycles. The molecule has 0 spiro atoms. The highest BCUT2D eigenvalue weighted by atomic mass is 16.6. The maximum absolute atomic E-state index is 11.3.